The normalized spacial score (nSPS) is 10.7. The Kier molecular flexibility index (Phi) is 2.45. The molecule has 0 atom stereocenters. The maximum absolute atomic E-state index is 12.0. The molecule has 0 radical (unpaired) electrons. The molecule has 0 fully saturated rings. The molecule has 0 saturated heterocycles. The Morgan fingerprint density at radius 1 is 1.00 bits per heavy atom. The molecule has 2 heterocycles. The lowest BCUT2D eigenvalue weighted by Crippen LogP contribution is -2.15. The van der Waals surface area contributed by atoms with Crippen LogP contribution in [0.1, 0.15) is 0 Å². The molecule has 0 amide bonds. The second-order valence-corrected chi connectivity index (χ2v) is 4.25. The highest BCUT2D eigenvalue weighted by molar-refractivity contribution is 5.95. The van der Waals surface area contributed by atoms with Crippen LogP contribution in [0.25, 0.3) is 21.9 Å². The van der Waals surface area contributed by atoms with E-state index < -0.39 is 0 Å². The minimum atomic E-state index is -0.0159. The Balaban J connectivity index is 2.39. The SMILES string of the molecule is Cn1ccc2c(-c3ccccc3)cncc2c1=O. The molecule has 0 aliphatic carbocycles. The van der Waals surface area contributed by atoms with Crippen molar-refractivity contribution in [1.82, 2.24) is 9.55 Å². The number of hydrogen-bond acceptors (Lipinski definition) is 2. The Morgan fingerprint density at radius 2 is 1.78 bits per heavy atom. The summed E-state index contributed by atoms with van der Waals surface area (Å²) in [7, 11) is 1.75. The van der Waals surface area contributed by atoms with E-state index in [4.69, 9.17) is 0 Å². The van der Waals surface area contributed by atoms with Gasteiger partial charge in [0.15, 0.2) is 0 Å². The third kappa shape index (κ3) is 1.61. The zero-order valence-electron chi connectivity index (χ0n) is 10.00. The van der Waals surface area contributed by atoms with Crippen molar-refractivity contribution in [1.29, 1.82) is 0 Å². The third-order valence-corrected chi connectivity index (χ3v) is 3.09. The van der Waals surface area contributed by atoms with E-state index in [2.05, 4.69) is 4.98 Å². The molecule has 0 aliphatic rings. The van der Waals surface area contributed by atoms with Gasteiger partial charge >= 0.3 is 0 Å². The summed E-state index contributed by atoms with van der Waals surface area (Å²) in [6.07, 6.45) is 5.22. The van der Waals surface area contributed by atoms with Crippen molar-refractivity contribution < 1.29 is 0 Å². The van der Waals surface area contributed by atoms with E-state index >= 15 is 0 Å². The standard InChI is InChI=1S/C15H12N2O/c1-17-8-7-12-13(11-5-3-2-4-6-11)9-16-10-14(12)15(17)18/h2-10H,1H3. The average Bonchev–Trinajstić information content (AvgIpc) is 2.43. The number of pyridine rings is 2. The molecule has 3 aromatic rings. The first-order valence-electron chi connectivity index (χ1n) is 5.76. The molecule has 0 bridgehead atoms. The second kappa shape index (κ2) is 4.11. The van der Waals surface area contributed by atoms with Crippen LogP contribution in [-0.2, 0) is 7.05 Å². The predicted molar refractivity (Wildman–Crippen MR) is 72.4 cm³/mol. The highest BCUT2D eigenvalue weighted by atomic mass is 16.1. The van der Waals surface area contributed by atoms with Gasteiger partial charge < -0.3 is 4.57 Å². The van der Waals surface area contributed by atoms with Crippen LogP contribution in [0.2, 0.25) is 0 Å². The summed E-state index contributed by atoms with van der Waals surface area (Å²) < 4.78 is 1.57. The summed E-state index contributed by atoms with van der Waals surface area (Å²) in [4.78, 5) is 16.2. The van der Waals surface area contributed by atoms with Crippen molar-refractivity contribution in [2.75, 3.05) is 0 Å². The van der Waals surface area contributed by atoms with Gasteiger partial charge in [-0.15, -0.1) is 0 Å². The van der Waals surface area contributed by atoms with Gasteiger partial charge in [0.1, 0.15) is 0 Å². The quantitative estimate of drug-likeness (QED) is 0.651. The Labute approximate surface area is 104 Å². The largest absolute Gasteiger partial charge is 0.318 e. The molecule has 18 heavy (non-hydrogen) atoms. The fraction of sp³-hybridized carbons (Fsp3) is 0.0667. The summed E-state index contributed by atoms with van der Waals surface area (Å²) >= 11 is 0. The van der Waals surface area contributed by atoms with Crippen molar-refractivity contribution in [3.8, 4) is 11.1 Å². The highest BCUT2D eigenvalue weighted by Gasteiger charge is 2.07. The van der Waals surface area contributed by atoms with Crippen molar-refractivity contribution in [3.05, 3.63) is 65.3 Å². The van der Waals surface area contributed by atoms with Gasteiger partial charge in [-0.05, 0) is 17.0 Å². The van der Waals surface area contributed by atoms with E-state index in [9.17, 15) is 4.79 Å². The molecule has 88 valence electrons. The molecular weight excluding hydrogens is 224 g/mol. The molecule has 3 nitrogen and oxygen atoms in total. The maximum Gasteiger partial charge on any atom is 0.259 e. The number of fused-ring (bicyclic) bond motifs is 1. The third-order valence-electron chi connectivity index (χ3n) is 3.09. The minimum Gasteiger partial charge on any atom is -0.318 e. The van der Waals surface area contributed by atoms with Gasteiger partial charge in [0.25, 0.3) is 5.56 Å². The fourth-order valence-corrected chi connectivity index (χ4v) is 2.11. The van der Waals surface area contributed by atoms with Gasteiger partial charge in [-0.25, -0.2) is 0 Å². The Bertz CT molecular complexity index is 760. The smallest absolute Gasteiger partial charge is 0.259 e. The van der Waals surface area contributed by atoms with E-state index in [1.165, 1.54) is 0 Å². The number of nitrogens with zero attached hydrogens (tertiary/aromatic N) is 2. The first kappa shape index (κ1) is 10.7. The monoisotopic (exact) mass is 236 g/mol. The summed E-state index contributed by atoms with van der Waals surface area (Å²) in [5.74, 6) is 0. The topological polar surface area (TPSA) is 34.9 Å². The first-order chi connectivity index (χ1) is 8.77. The Morgan fingerprint density at radius 3 is 2.56 bits per heavy atom. The molecule has 0 N–H and O–H groups in total. The Hall–Kier alpha value is -2.42. The van der Waals surface area contributed by atoms with E-state index in [1.807, 2.05) is 36.4 Å². The molecule has 0 aliphatic heterocycles. The van der Waals surface area contributed by atoms with E-state index in [1.54, 1.807) is 30.2 Å². The molecule has 1 aromatic carbocycles. The second-order valence-electron chi connectivity index (χ2n) is 4.25. The lowest BCUT2D eigenvalue weighted by Gasteiger charge is -2.06. The fourth-order valence-electron chi connectivity index (χ4n) is 2.11. The van der Waals surface area contributed by atoms with Gasteiger partial charge in [0.2, 0.25) is 0 Å². The van der Waals surface area contributed by atoms with Crippen LogP contribution in [0, 0.1) is 0 Å². The lowest BCUT2D eigenvalue weighted by atomic mass is 10.0. The zero-order chi connectivity index (χ0) is 12.5. The number of hydrogen-bond donors (Lipinski definition) is 0. The number of aromatic nitrogens is 2. The molecule has 3 rings (SSSR count). The van der Waals surface area contributed by atoms with Crippen molar-refractivity contribution in [2.24, 2.45) is 7.05 Å². The lowest BCUT2D eigenvalue weighted by molar-refractivity contribution is 0.872. The molecular formula is C15H12N2O. The van der Waals surface area contributed by atoms with Crippen molar-refractivity contribution in [3.63, 3.8) is 0 Å². The zero-order valence-corrected chi connectivity index (χ0v) is 10.00. The van der Waals surface area contributed by atoms with E-state index in [0.29, 0.717) is 5.39 Å². The van der Waals surface area contributed by atoms with Crippen LogP contribution in [0.5, 0.6) is 0 Å². The number of aryl methyl sites for hydroxylation is 1. The predicted octanol–water partition coefficient (Wildman–Crippen LogP) is 2.60. The summed E-state index contributed by atoms with van der Waals surface area (Å²) in [6.45, 7) is 0. The van der Waals surface area contributed by atoms with Crippen LogP contribution in [0.15, 0.2) is 59.8 Å². The summed E-state index contributed by atoms with van der Waals surface area (Å²) in [5, 5.41) is 1.60. The highest BCUT2D eigenvalue weighted by Crippen LogP contribution is 2.25. The molecule has 2 aromatic heterocycles. The molecule has 3 heteroatoms. The maximum atomic E-state index is 12.0. The van der Waals surface area contributed by atoms with Gasteiger partial charge in [0.05, 0.1) is 5.39 Å². The molecule has 0 unspecified atom stereocenters. The van der Waals surface area contributed by atoms with Crippen LogP contribution in [-0.4, -0.2) is 9.55 Å². The van der Waals surface area contributed by atoms with Gasteiger partial charge in [0, 0.05) is 31.2 Å². The summed E-state index contributed by atoms with van der Waals surface area (Å²) in [6, 6.07) is 11.9. The van der Waals surface area contributed by atoms with Crippen molar-refractivity contribution in [2.45, 2.75) is 0 Å². The minimum absolute atomic E-state index is 0.0159. The first-order valence-corrected chi connectivity index (χ1v) is 5.76. The average molecular weight is 236 g/mol. The molecule has 0 spiro atoms. The summed E-state index contributed by atoms with van der Waals surface area (Å²) in [5.41, 5.74) is 2.05. The van der Waals surface area contributed by atoms with Crippen molar-refractivity contribution >= 4 is 10.8 Å². The van der Waals surface area contributed by atoms with E-state index in [0.717, 1.165) is 16.5 Å². The number of rotatable bonds is 1. The van der Waals surface area contributed by atoms with Gasteiger partial charge in [-0.1, -0.05) is 30.3 Å². The van der Waals surface area contributed by atoms with E-state index in [-0.39, 0.29) is 5.56 Å². The van der Waals surface area contributed by atoms with Crippen LogP contribution in [0.3, 0.4) is 0 Å². The molecule has 0 saturated carbocycles. The van der Waals surface area contributed by atoms with Crippen LogP contribution in [0.4, 0.5) is 0 Å². The van der Waals surface area contributed by atoms with Gasteiger partial charge in [-0.2, -0.15) is 0 Å². The van der Waals surface area contributed by atoms with Crippen LogP contribution >= 0.6 is 0 Å². The van der Waals surface area contributed by atoms with Gasteiger partial charge in [-0.3, -0.25) is 9.78 Å². The number of benzene rings is 1. The van der Waals surface area contributed by atoms with Crippen LogP contribution < -0.4 is 5.56 Å².